The topological polar surface area (TPSA) is 84.5 Å². The van der Waals surface area contributed by atoms with E-state index in [1.165, 1.54) is 16.7 Å². The van der Waals surface area contributed by atoms with Crippen molar-refractivity contribution in [2.24, 2.45) is 0 Å². The second kappa shape index (κ2) is 13.7. The Hall–Kier alpha value is -4.13. The van der Waals surface area contributed by atoms with Gasteiger partial charge in [-0.1, -0.05) is 17.2 Å². The molecule has 0 spiro atoms. The highest BCUT2D eigenvalue weighted by atomic mass is 16.6. The van der Waals surface area contributed by atoms with Crippen molar-refractivity contribution in [1.82, 2.24) is 14.9 Å². The predicted octanol–water partition coefficient (Wildman–Crippen LogP) is 7.83. The summed E-state index contributed by atoms with van der Waals surface area (Å²) in [6.45, 7) is 13.1. The lowest BCUT2D eigenvalue weighted by Crippen LogP contribution is -2.38. The number of H-pyrrole nitrogens is 1. The van der Waals surface area contributed by atoms with Gasteiger partial charge >= 0.3 is 12.1 Å². The third-order valence-electron chi connectivity index (χ3n) is 7.10. The summed E-state index contributed by atoms with van der Waals surface area (Å²) < 4.78 is 11.1. The van der Waals surface area contributed by atoms with Crippen LogP contribution in [0.15, 0.2) is 60.9 Å². The van der Waals surface area contributed by atoms with E-state index in [4.69, 9.17) is 9.47 Å². The number of ether oxygens (including phenoxy) is 2. The van der Waals surface area contributed by atoms with Gasteiger partial charge in [-0.2, -0.15) is 0 Å². The minimum absolute atomic E-state index is 0.314. The second-order valence-corrected chi connectivity index (χ2v) is 11.9. The van der Waals surface area contributed by atoms with Gasteiger partial charge in [-0.15, -0.1) is 0 Å². The zero-order valence-corrected chi connectivity index (χ0v) is 25.8. The third kappa shape index (κ3) is 8.21. The van der Waals surface area contributed by atoms with E-state index in [0.29, 0.717) is 31.7 Å². The van der Waals surface area contributed by atoms with Gasteiger partial charge in [0.05, 0.1) is 12.2 Å². The zero-order chi connectivity index (χ0) is 30.3. The van der Waals surface area contributed by atoms with Crippen LogP contribution in [0.4, 0.5) is 4.79 Å². The molecule has 0 fully saturated rings. The molecule has 0 unspecified atom stereocenters. The Morgan fingerprint density at radius 3 is 2.29 bits per heavy atom. The quantitative estimate of drug-likeness (QED) is 0.147. The Kier molecular flexibility index (Phi) is 10.0. The van der Waals surface area contributed by atoms with Crippen LogP contribution in [0.3, 0.4) is 0 Å². The number of hydrogen-bond acceptors (Lipinski definition) is 5. The molecule has 4 aromatic rings. The van der Waals surface area contributed by atoms with Crippen LogP contribution in [-0.2, 0) is 22.3 Å². The maximum Gasteiger partial charge on any atom is 0.410 e. The van der Waals surface area contributed by atoms with Crippen LogP contribution in [0.1, 0.15) is 73.1 Å². The van der Waals surface area contributed by atoms with Crippen molar-refractivity contribution in [1.29, 1.82) is 0 Å². The molecule has 0 atom stereocenters. The lowest BCUT2D eigenvalue weighted by Gasteiger charge is -2.27. The number of benzene rings is 2. The number of unbranched alkanes of at least 4 members (excludes halogenated alkanes) is 1. The SMILES string of the molecule is CCOC(=O)c1ccc2[nH]c(-c3cc(C)cc(C)c3)c(CCN(CCCCc3ccncc3)C(=O)OC(C)(C)C)c2c1. The Bertz CT molecular complexity index is 1500. The first-order chi connectivity index (χ1) is 20.0. The molecule has 7 nitrogen and oxygen atoms in total. The minimum atomic E-state index is -0.591. The number of aromatic amines is 1. The van der Waals surface area contributed by atoms with Gasteiger partial charge in [0.1, 0.15) is 5.60 Å². The summed E-state index contributed by atoms with van der Waals surface area (Å²) in [5.74, 6) is -0.343. The summed E-state index contributed by atoms with van der Waals surface area (Å²) in [5, 5.41) is 0.955. The fourth-order valence-corrected chi connectivity index (χ4v) is 5.26. The number of aryl methyl sites for hydroxylation is 3. The van der Waals surface area contributed by atoms with Gasteiger partial charge in [0.25, 0.3) is 0 Å². The summed E-state index contributed by atoms with van der Waals surface area (Å²) in [6, 6.07) is 16.2. The van der Waals surface area contributed by atoms with E-state index >= 15 is 0 Å². The van der Waals surface area contributed by atoms with Crippen LogP contribution in [0, 0.1) is 13.8 Å². The number of fused-ring (bicyclic) bond motifs is 1. The average molecular weight is 570 g/mol. The number of amides is 1. The lowest BCUT2D eigenvalue weighted by atomic mass is 9.98. The van der Waals surface area contributed by atoms with Crippen LogP contribution in [0.2, 0.25) is 0 Å². The summed E-state index contributed by atoms with van der Waals surface area (Å²) in [5.41, 5.74) is 7.58. The monoisotopic (exact) mass is 569 g/mol. The van der Waals surface area contributed by atoms with E-state index in [9.17, 15) is 9.59 Å². The van der Waals surface area contributed by atoms with Crippen molar-refractivity contribution in [3.8, 4) is 11.3 Å². The largest absolute Gasteiger partial charge is 0.462 e. The zero-order valence-electron chi connectivity index (χ0n) is 25.8. The molecular weight excluding hydrogens is 526 g/mol. The Morgan fingerprint density at radius 1 is 0.905 bits per heavy atom. The number of pyridine rings is 1. The van der Waals surface area contributed by atoms with Crippen LogP contribution < -0.4 is 0 Å². The number of hydrogen-bond donors (Lipinski definition) is 1. The molecule has 0 bridgehead atoms. The first kappa shape index (κ1) is 30.8. The van der Waals surface area contributed by atoms with E-state index < -0.39 is 5.60 Å². The predicted molar refractivity (Wildman–Crippen MR) is 168 cm³/mol. The van der Waals surface area contributed by atoms with Crippen LogP contribution in [-0.4, -0.2) is 52.2 Å². The molecule has 0 radical (unpaired) electrons. The molecule has 0 aliphatic carbocycles. The third-order valence-corrected chi connectivity index (χ3v) is 7.10. The van der Waals surface area contributed by atoms with E-state index in [2.05, 4.69) is 42.0 Å². The normalized spacial score (nSPS) is 11.5. The Balaban J connectivity index is 1.64. The van der Waals surface area contributed by atoms with Crippen molar-refractivity contribution in [2.75, 3.05) is 19.7 Å². The number of carbonyl (C=O) groups excluding carboxylic acids is 2. The lowest BCUT2D eigenvalue weighted by molar-refractivity contribution is 0.0249. The number of esters is 1. The Labute approximate surface area is 249 Å². The van der Waals surface area contributed by atoms with Crippen LogP contribution in [0.25, 0.3) is 22.2 Å². The van der Waals surface area contributed by atoms with Crippen molar-refractivity contribution >= 4 is 23.0 Å². The van der Waals surface area contributed by atoms with Crippen LogP contribution >= 0.6 is 0 Å². The first-order valence-corrected chi connectivity index (χ1v) is 14.8. The van der Waals surface area contributed by atoms with Crippen LogP contribution in [0.5, 0.6) is 0 Å². The molecule has 0 aliphatic heterocycles. The van der Waals surface area contributed by atoms with Crippen molar-refractivity contribution in [3.05, 3.63) is 88.7 Å². The summed E-state index contributed by atoms with van der Waals surface area (Å²) >= 11 is 0. The van der Waals surface area contributed by atoms with Gasteiger partial charge in [0, 0.05) is 42.1 Å². The summed E-state index contributed by atoms with van der Waals surface area (Å²) in [6.07, 6.45) is 6.64. The highest BCUT2D eigenvalue weighted by Gasteiger charge is 2.23. The molecule has 0 saturated heterocycles. The second-order valence-electron chi connectivity index (χ2n) is 11.9. The van der Waals surface area contributed by atoms with E-state index in [-0.39, 0.29) is 12.1 Å². The van der Waals surface area contributed by atoms with Gasteiger partial charge in [-0.05, 0) is 126 Å². The van der Waals surface area contributed by atoms with Gasteiger partial charge in [-0.25, -0.2) is 9.59 Å². The maximum absolute atomic E-state index is 13.3. The molecule has 1 N–H and O–H groups in total. The average Bonchev–Trinajstić information content (AvgIpc) is 3.29. The fraction of sp³-hybridized carbons (Fsp3) is 0.400. The minimum Gasteiger partial charge on any atom is -0.462 e. The Morgan fingerprint density at radius 2 is 1.62 bits per heavy atom. The highest BCUT2D eigenvalue weighted by Crippen LogP contribution is 2.33. The van der Waals surface area contributed by atoms with Gasteiger partial charge < -0.3 is 19.4 Å². The molecule has 0 aliphatic rings. The molecule has 222 valence electrons. The number of carbonyl (C=O) groups is 2. The standard InChI is InChI=1S/C35H43N3O4/c1-7-41-33(39)27-11-12-31-30(23-27)29(32(37-31)28-21-24(2)20-25(3)22-28)15-19-38(34(40)42-35(4,5)6)18-9-8-10-26-13-16-36-17-14-26/h11-14,16-17,20-23,37H,7-10,15,18-19H2,1-6H3. The highest BCUT2D eigenvalue weighted by molar-refractivity contribution is 5.98. The van der Waals surface area contributed by atoms with E-state index in [1.54, 1.807) is 13.0 Å². The van der Waals surface area contributed by atoms with Crippen molar-refractivity contribution in [2.45, 2.75) is 72.8 Å². The number of aromatic nitrogens is 2. The molecule has 0 saturated carbocycles. The van der Waals surface area contributed by atoms with E-state index in [0.717, 1.165) is 47.0 Å². The van der Waals surface area contributed by atoms with Gasteiger partial charge in [0.15, 0.2) is 0 Å². The van der Waals surface area contributed by atoms with Crippen molar-refractivity contribution < 1.29 is 19.1 Å². The molecule has 2 aromatic heterocycles. The summed E-state index contributed by atoms with van der Waals surface area (Å²) in [7, 11) is 0. The molecular formula is C35H43N3O4. The first-order valence-electron chi connectivity index (χ1n) is 14.8. The molecule has 42 heavy (non-hydrogen) atoms. The number of nitrogens with zero attached hydrogens (tertiary/aromatic N) is 2. The van der Waals surface area contributed by atoms with E-state index in [1.807, 2.05) is 62.3 Å². The smallest absolute Gasteiger partial charge is 0.410 e. The van der Waals surface area contributed by atoms with Gasteiger partial charge in [-0.3, -0.25) is 4.98 Å². The molecule has 2 aromatic carbocycles. The number of nitrogens with one attached hydrogen (secondary N) is 1. The maximum atomic E-state index is 13.3. The molecule has 4 rings (SSSR count). The molecule has 7 heteroatoms. The molecule has 1 amide bonds. The summed E-state index contributed by atoms with van der Waals surface area (Å²) in [4.78, 5) is 35.4. The van der Waals surface area contributed by atoms with Gasteiger partial charge in [0.2, 0.25) is 0 Å². The fourth-order valence-electron chi connectivity index (χ4n) is 5.26. The molecule has 2 heterocycles. The van der Waals surface area contributed by atoms with Crippen molar-refractivity contribution in [3.63, 3.8) is 0 Å². The number of rotatable bonds is 11.